The zero-order chi connectivity index (χ0) is 17.0. The summed E-state index contributed by atoms with van der Waals surface area (Å²) < 4.78 is 28.2. The maximum atomic E-state index is 12.2. The Balaban J connectivity index is 1.94. The van der Waals surface area contributed by atoms with Gasteiger partial charge in [-0.2, -0.15) is 0 Å². The molecule has 0 saturated carbocycles. The molecule has 0 bridgehead atoms. The Morgan fingerprint density at radius 2 is 2.00 bits per heavy atom. The maximum absolute atomic E-state index is 12.2. The van der Waals surface area contributed by atoms with Gasteiger partial charge in [-0.05, 0) is 19.9 Å². The number of carbonyl (C=O) groups is 1. The average molecular weight is 340 g/mol. The smallest absolute Gasteiger partial charge is 0.234 e. The predicted molar refractivity (Wildman–Crippen MR) is 89.4 cm³/mol. The zero-order valence-electron chi connectivity index (χ0n) is 13.8. The fraction of sp³-hybridized carbons (Fsp3) is 0.562. The third kappa shape index (κ3) is 4.94. The minimum absolute atomic E-state index is 0.111. The van der Waals surface area contributed by atoms with Crippen molar-refractivity contribution in [3.05, 3.63) is 29.3 Å². The van der Waals surface area contributed by atoms with E-state index in [0.29, 0.717) is 13.1 Å². The molecule has 0 spiro atoms. The SMILES string of the molecule is COc1ccc(C)cc1C(C)NC(=O)CN1CCS(=O)(=O)CC1. The Morgan fingerprint density at radius 3 is 2.61 bits per heavy atom. The summed E-state index contributed by atoms with van der Waals surface area (Å²) >= 11 is 0. The number of nitrogens with one attached hydrogen (secondary N) is 1. The first-order chi connectivity index (χ1) is 10.8. The highest BCUT2D eigenvalue weighted by molar-refractivity contribution is 7.91. The molecule has 7 heteroatoms. The van der Waals surface area contributed by atoms with E-state index in [4.69, 9.17) is 4.74 Å². The largest absolute Gasteiger partial charge is 0.496 e. The number of amides is 1. The van der Waals surface area contributed by atoms with Crippen molar-refractivity contribution < 1.29 is 17.9 Å². The van der Waals surface area contributed by atoms with E-state index < -0.39 is 9.84 Å². The van der Waals surface area contributed by atoms with Crippen LogP contribution in [0.15, 0.2) is 18.2 Å². The number of benzene rings is 1. The monoisotopic (exact) mass is 340 g/mol. The van der Waals surface area contributed by atoms with E-state index in [2.05, 4.69) is 5.32 Å². The van der Waals surface area contributed by atoms with Gasteiger partial charge in [0, 0.05) is 18.7 Å². The Hall–Kier alpha value is -1.60. The molecule has 1 saturated heterocycles. The number of hydrogen-bond acceptors (Lipinski definition) is 5. The molecular weight excluding hydrogens is 316 g/mol. The van der Waals surface area contributed by atoms with Gasteiger partial charge in [0.25, 0.3) is 0 Å². The Bertz CT molecular complexity index is 659. The molecule has 23 heavy (non-hydrogen) atoms. The molecule has 6 nitrogen and oxygen atoms in total. The second kappa shape index (κ2) is 7.31. The molecule has 1 aliphatic rings. The van der Waals surface area contributed by atoms with Crippen LogP contribution >= 0.6 is 0 Å². The van der Waals surface area contributed by atoms with Crippen LogP contribution in [0.25, 0.3) is 0 Å². The molecule has 1 aliphatic heterocycles. The summed E-state index contributed by atoms with van der Waals surface area (Å²) in [6.07, 6.45) is 0. The van der Waals surface area contributed by atoms with Crippen LogP contribution in [0.5, 0.6) is 5.75 Å². The molecule has 1 atom stereocenters. The maximum Gasteiger partial charge on any atom is 0.234 e. The molecule has 1 aromatic carbocycles. The van der Waals surface area contributed by atoms with Crippen LogP contribution in [-0.2, 0) is 14.6 Å². The summed E-state index contributed by atoms with van der Waals surface area (Å²) in [4.78, 5) is 14.1. The van der Waals surface area contributed by atoms with E-state index in [1.165, 1.54) is 0 Å². The van der Waals surface area contributed by atoms with E-state index in [0.717, 1.165) is 16.9 Å². The topological polar surface area (TPSA) is 75.7 Å². The molecule has 1 heterocycles. The van der Waals surface area contributed by atoms with Gasteiger partial charge < -0.3 is 10.1 Å². The summed E-state index contributed by atoms with van der Waals surface area (Å²) in [5, 5.41) is 2.96. The molecule has 1 unspecified atom stereocenters. The average Bonchev–Trinajstić information content (AvgIpc) is 2.49. The number of carbonyl (C=O) groups excluding carboxylic acids is 1. The third-order valence-electron chi connectivity index (χ3n) is 4.03. The second-order valence-corrected chi connectivity index (χ2v) is 8.27. The Kier molecular flexibility index (Phi) is 5.64. The lowest BCUT2D eigenvalue weighted by molar-refractivity contribution is -0.122. The Labute approximate surface area is 137 Å². The van der Waals surface area contributed by atoms with Gasteiger partial charge in [-0.25, -0.2) is 8.42 Å². The highest BCUT2D eigenvalue weighted by Crippen LogP contribution is 2.26. The van der Waals surface area contributed by atoms with Crippen molar-refractivity contribution in [1.82, 2.24) is 10.2 Å². The number of ether oxygens (including phenoxy) is 1. The molecule has 0 aromatic heterocycles. The van der Waals surface area contributed by atoms with Crippen molar-refractivity contribution in [2.75, 3.05) is 38.2 Å². The van der Waals surface area contributed by atoms with Crippen molar-refractivity contribution in [3.63, 3.8) is 0 Å². The number of rotatable bonds is 5. The summed E-state index contributed by atoms with van der Waals surface area (Å²) in [5.74, 6) is 0.885. The van der Waals surface area contributed by atoms with Crippen LogP contribution in [0, 0.1) is 6.92 Å². The normalized spacial score (nSPS) is 19.1. The van der Waals surface area contributed by atoms with Crippen LogP contribution in [0.2, 0.25) is 0 Å². The number of aryl methyl sites for hydroxylation is 1. The fourth-order valence-electron chi connectivity index (χ4n) is 2.67. The lowest BCUT2D eigenvalue weighted by Gasteiger charge is -2.26. The summed E-state index contributed by atoms with van der Waals surface area (Å²) in [6, 6.07) is 5.68. The van der Waals surface area contributed by atoms with Crippen molar-refractivity contribution in [1.29, 1.82) is 0 Å². The molecule has 0 radical (unpaired) electrons. The molecule has 2 rings (SSSR count). The van der Waals surface area contributed by atoms with E-state index in [-0.39, 0.29) is 30.0 Å². The first-order valence-corrected chi connectivity index (χ1v) is 9.49. The molecule has 0 aliphatic carbocycles. The van der Waals surface area contributed by atoms with Gasteiger partial charge in [0.15, 0.2) is 9.84 Å². The molecule has 1 amide bonds. The van der Waals surface area contributed by atoms with E-state index in [1.54, 1.807) is 7.11 Å². The van der Waals surface area contributed by atoms with Gasteiger partial charge in [0.05, 0.1) is 31.2 Å². The van der Waals surface area contributed by atoms with Crippen molar-refractivity contribution >= 4 is 15.7 Å². The zero-order valence-corrected chi connectivity index (χ0v) is 14.6. The van der Waals surface area contributed by atoms with Gasteiger partial charge in [-0.3, -0.25) is 9.69 Å². The van der Waals surface area contributed by atoms with Crippen molar-refractivity contribution in [2.24, 2.45) is 0 Å². The predicted octanol–water partition coefficient (Wildman–Crippen LogP) is 0.911. The third-order valence-corrected chi connectivity index (χ3v) is 5.64. The second-order valence-electron chi connectivity index (χ2n) is 5.96. The van der Waals surface area contributed by atoms with Crippen molar-refractivity contribution in [2.45, 2.75) is 19.9 Å². The van der Waals surface area contributed by atoms with Gasteiger partial charge in [0.2, 0.25) is 5.91 Å². The van der Waals surface area contributed by atoms with Crippen LogP contribution in [0.1, 0.15) is 24.1 Å². The number of methoxy groups -OCH3 is 1. The van der Waals surface area contributed by atoms with Crippen LogP contribution in [0.3, 0.4) is 0 Å². The minimum Gasteiger partial charge on any atom is -0.496 e. The van der Waals surface area contributed by atoms with E-state index in [9.17, 15) is 13.2 Å². The number of sulfone groups is 1. The van der Waals surface area contributed by atoms with Gasteiger partial charge in [-0.15, -0.1) is 0 Å². The molecule has 1 fully saturated rings. The minimum atomic E-state index is -2.92. The van der Waals surface area contributed by atoms with E-state index >= 15 is 0 Å². The molecule has 128 valence electrons. The van der Waals surface area contributed by atoms with Crippen LogP contribution in [-0.4, -0.2) is 57.5 Å². The van der Waals surface area contributed by atoms with Gasteiger partial charge >= 0.3 is 0 Å². The standard InChI is InChI=1S/C16H24N2O4S/c1-12-4-5-15(22-3)14(10-12)13(2)17-16(19)11-18-6-8-23(20,21)9-7-18/h4-5,10,13H,6-9,11H2,1-3H3,(H,17,19). The number of hydrogen-bond donors (Lipinski definition) is 1. The van der Waals surface area contributed by atoms with Crippen LogP contribution in [0.4, 0.5) is 0 Å². The first-order valence-electron chi connectivity index (χ1n) is 7.67. The lowest BCUT2D eigenvalue weighted by Crippen LogP contribution is -2.45. The molecular formula is C16H24N2O4S. The molecule has 1 N–H and O–H groups in total. The van der Waals surface area contributed by atoms with E-state index in [1.807, 2.05) is 36.9 Å². The fourth-order valence-corrected chi connectivity index (χ4v) is 3.95. The highest BCUT2D eigenvalue weighted by Gasteiger charge is 2.23. The summed E-state index contributed by atoms with van der Waals surface area (Å²) in [6.45, 7) is 4.95. The van der Waals surface area contributed by atoms with Gasteiger partial charge in [-0.1, -0.05) is 17.7 Å². The lowest BCUT2D eigenvalue weighted by atomic mass is 10.0. The van der Waals surface area contributed by atoms with Crippen molar-refractivity contribution in [3.8, 4) is 5.75 Å². The van der Waals surface area contributed by atoms with Crippen LogP contribution < -0.4 is 10.1 Å². The summed E-state index contributed by atoms with van der Waals surface area (Å²) in [5.41, 5.74) is 2.03. The molecule has 1 aromatic rings. The highest BCUT2D eigenvalue weighted by atomic mass is 32.2. The first kappa shape index (κ1) is 17.7. The summed E-state index contributed by atoms with van der Waals surface area (Å²) in [7, 11) is -1.31. The Morgan fingerprint density at radius 1 is 1.35 bits per heavy atom. The van der Waals surface area contributed by atoms with Gasteiger partial charge in [0.1, 0.15) is 5.75 Å². The quantitative estimate of drug-likeness (QED) is 0.862. The number of nitrogens with zero attached hydrogens (tertiary/aromatic N) is 1.